The lowest BCUT2D eigenvalue weighted by Crippen LogP contribution is -2.02. The van der Waals surface area contributed by atoms with Crippen molar-refractivity contribution in [3.05, 3.63) is 59.9 Å². The second-order valence-electron chi connectivity index (χ2n) is 4.19. The third-order valence-electron chi connectivity index (χ3n) is 2.98. The maximum Gasteiger partial charge on any atom is 0.230 e. The van der Waals surface area contributed by atoms with Crippen LogP contribution in [0.15, 0.2) is 52.9 Å². The monoisotopic (exact) mass is 253 g/mol. The van der Waals surface area contributed by atoms with Crippen LogP contribution in [0.5, 0.6) is 5.75 Å². The van der Waals surface area contributed by atoms with Gasteiger partial charge in [-0.25, -0.2) is 0 Å². The summed E-state index contributed by atoms with van der Waals surface area (Å²) in [6.07, 6.45) is 0. The number of benzene rings is 2. The minimum absolute atomic E-state index is 0.0312. The lowest BCUT2D eigenvalue weighted by Gasteiger charge is -1.97. The molecule has 0 aliphatic carbocycles. The summed E-state index contributed by atoms with van der Waals surface area (Å²) < 4.78 is 5.42. The molecule has 0 saturated carbocycles. The number of nitrogen functional groups attached to an aromatic ring is 1. The molecule has 4 nitrogen and oxygen atoms in total. The van der Waals surface area contributed by atoms with Crippen LogP contribution >= 0.6 is 0 Å². The normalized spacial score (nSPS) is 10.7. The predicted octanol–water partition coefficient (Wildman–Crippen LogP) is 2.95. The smallest absolute Gasteiger partial charge is 0.230 e. The molecule has 0 spiro atoms. The van der Waals surface area contributed by atoms with E-state index in [1.54, 1.807) is 36.4 Å². The van der Waals surface area contributed by atoms with Crippen molar-refractivity contribution in [1.82, 2.24) is 0 Å². The molecule has 1 aromatic heterocycles. The van der Waals surface area contributed by atoms with E-state index in [1.807, 2.05) is 6.07 Å². The van der Waals surface area contributed by atoms with Crippen LogP contribution < -0.4 is 5.73 Å². The number of carbonyl (C=O) groups is 1. The summed E-state index contributed by atoms with van der Waals surface area (Å²) in [4.78, 5) is 12.3. The molecule has 0 unspecified atom stereocenters. The van der Waals surface area contributed by atoms with Crippen molar-refractivity contribution in [2.75, 3.05) is 5.73 Å². The van der Waals surface area contributed by atoms with Crippen LogP contribution in [-0.2, 0) is 0 Å². The van der Waals surface area contributed by atoms with Gasteiger partial charge in [-0.15, -0.1) is 0 Å². The van der Waals surface area contributed by atoms with Crippen LogP contribution in [0.2, 0.25) is 0 Å². The first-order chi connectivity index (χ1) is 9.18. The molecule has 94 valence electrons. The quantitative estimate of drug-likeness (QED) is 0.688. The first-order valence-electron chi connectivity index (χ1n) is 5.78. The van der Waals surface area contributed by atoms with Crippen molar-refractivity contribution in [1.29, 1.82) is 0 Å². The van der Waals surface area contributed by atoms with Gasteiger partial charge in [-0.05, 0) is 12.1 Å². The van der Waals surface area contributed by atoms with Crippen molar-refractivity contribution in [3.63, 3.8) is 0 Å². The lowest BCUT2D eigenvalue weighted by molar-refractivity contribution is 0.101. The van der Waals surface area contributed by atoms with Crippen molar-refractivity contribution in [2.45, 2.75) is 0 Å². The molecule has 0 saturated heterocycles. The van der Waals surface area contributed by atoms with Crippen molar-refractivity contribution in [3.8, 4) is 5.75 Å². The van der Waals surface area contributed by atoms with Crippen LogP contribution in [0, 0.1) is 0 Å². The van der Waals surface area contributed by atoms with Crippen LogP contribution in [0.4, 0.5) is 5.69 Å². The Balaban J connectivity index is 2.19. The number of rotatable bonds is 2. The molecular weight excluding hydrogens is 242 g/mol. The van der Waals surface area contributed by atoms with Crippen LogP contribution in [0.3, 0.4) is 0 Å². The number of anilines is 1. The van der Waals surface area contributed by atoms with E-state index in [0.29, 0.717) is 10.9 Å². The number of para-hydroxylation sites is 1. The Hall–Kier alpha value is -2.75. The Labute approximate surface area is 109 Å². The summed E-state index contributed by atoms with van der Waals surface area (Å²) in [5, 5.41) is 10.2. The zero-order chi connectivity index (χ0) is 13.4. The maximum absolute atomic E-state index is 12.3. The molecule has 3 rings (SSSR count). The van der Waals surface area contributed by atoms with E-state index in [2.05, 4.69) is 0 Å². The largest absolute Gasteiger partial charge is 0.504 e. The molecule has 1 heterocycles. The summed E-state index contributed by atoms with van der Waals surface area (Å²) in [5.41, 5.74) is 6.90. The molecule has 3 aromatic rings. The van der Waals surface area contributed by atoms with Gasteiger partial charge >= 0.3 is 0 Å². The van der Waals surface area contributed by atoms with E-state index < -0.39 is 0 Å². The van der Waals surface area contributed by atoms with Gasteiger partial charge in [-0.2, -0.15) is 0 Å². The number of hydrogen-bond donors (Lipinski definition) is 2. The molecule has 19 heavy (non-hydrogen) atoms. The summed E-state index contributed by atoms with van der Waals surface area (Å²) in [6.45, 7) is 0. The first-order valence-corrected chi connectivity index (χ1v) is 5.78. The summed E-state index contributed by atoms with van der Waals surface area (Å²) in [6, 6.07) is 13.6. The SMILES string of the molecule is Nc1c(C(=O)c2ccccc2)oc2c(O)cccc12. The van der Waals surface area contributed by atoms with E-state index in [4.69, 9.17) is 10.2 Å². The highest BCUT2D eigenvalue weighted by Crippen LogP contribution is 2.34. The second kappa shape index (κ2) is 4.17. The summed E-state index contributed by atoms with van der Waals surface area (Å²) in [7, 11) is 0. The molecule has 0 radical (unpaired) electrons. The number of ketones is 1. The molecular formula is C15H11NO3. The van der Waals surface area contributed by atoms with Gasteiger partial charge in [0.15, 0.2) is 17.1 Å². The highest BCUT2D eigenvalue weighted by molar-refractivity contribution is 6.14. The van der Waals surface area contributed by atoms with Gasteiger partial charge in [-0.3, -0.25) is 4.79 Å². The van der Waals surface area contributed by atoms with Crippen LogP contribution in [0.25, 0.3) is 11.0 Å². The Kier molecular flexibility index (Phi) is 2.49. The average Bonchev–Trinajstić information content (AvgIpc) is 2.78. The fourth-order valence-corrected chi connectivity index (χ4v) is 2.01. The van der Waals surface area contributed by atoms with E-state index in [9.17, 15) is 9.90 Å². The number of furan rings is 1. The molecule has 2 aromatic carbocycles. The highest BCUT2D eigenvalue weighted by atomic mass is 16.4. The number of aromatic hydroxyl groups is 1. The van der Waals surface area contributed by atoms with Gasteiger partial charge in [0.2, 0.25) is 5.78 Å². The summed E-state index contributed by atoms with van der Waals surface area (Å²) in [5.74, 6) is -0.271. The summed E-state index contributed by atoms with van der Waals surface area (Å²) >= 11 is 0. The van der Waals surface area contributed by atoms with Crippen LogP contribution in [-0.4, -0.2) is 10.9 Å². The third-order valence-corrected chi connectivity index (χ3v) is 2.98. The van der Waals surface area contributed by atoms with Crippen molar-refractivity contribution in [2.24, 2.45) is 0 Å². The lowest BCUT2D eigenvalue weighted by atomic mass is 10.1. The Morgan fingerprint density at radius 1 is 1.05 bits per heavy atom. The Bertz CT molecular complexity index is 760. The molecule has 3 N–H and O–H groups in total. The molecule has 4 heteroatoms. The molecule has 0 atom stereocenters. The Morgan fingerprint density at radius 2 is 1.79 bits per heavy atom. The van der Waals surface area contributed by atoms with Gasteiger partial charge < -0.3 is 15.3 Å². The highest BCUT2D eigenvalue weighted by Gasteiger charge is 2.21. The van der Waals surface area contributed by atoms with Gasteiger partial charge in [0.1, 0.15) is 0 Å². The fraction of sp³-hybridized carbons (Fsp3) is 0. The van der Waals surface area contributed by atoms with E-state index in [1.165, 1.54) is 6.07 Å². The van der Waals surface area contributed by atoms with Crippen molar-refractivity contribution < 1.29 is 14.3 Å². The van der Waals surface area contributed by atoms with Crippen molar-refractivity contribution >= 4 is 22.4 Å². The number of nitrogens with two attached hydrogens (primary N) is 1. The molecule has 0 bridgehead atoms. The van der Waals surface area contributed by atoms with E-state index >= 15 is 0 Å². The molecule has 0 fully saturated rings. The van der Waals surface area contributed by atoms with E-state index in [-0.39, 0.29) is 28.6 Å². The standard InChI is InChI=1S/C15H11NO3/c16-12-10-7-4-8-11(17)14(10)19-15(12)13(18)9-5-2-1-3-6-9/h1-8,17H,16H2. The number of phenolic OH excluding ortho intramolecular Hbond substituents is 1. The minimum Gasteiger partial charge on any atom is -0.504 e. The zero-order valence-corrected chi connectivity index (χ0v) is 9.96. The van der Waals surface area contributed by atoms with Gasteiger partial charge in [-0.1, -0.05) is 36.4 Å². The van der Waals surface area contributed by atoms with Gasteiger partial charge in [0, 0.05) is 10.9 Å². The fourth-order valence-electron chi connectivity index (χ4n) is 2.01. The van der Waals surface area contributed by atoms with Gasteiger partial charge in [0.05, 0.1) is 5.69 Å². The number of fused-ring (bicyclic) bond motifs is 1. The first kappa shape index (κ1) is 11.3. The molecule has 0 aliphatic heterocycles. The number of hydrogen-bond acceptors (Lipinski definition) is 4. The number of carbonyl (C=O) groups excluding carboxylic acids is 1. The minimum atomic E-state index is -0.297. The molecule has 0 amide bonds. The second-order valence-corrected chi connectivity index (χ2v) is 4.19. The predicted molar refractivity (Wildman–Crippen MR) is 72.2 cm³/mol. The zero-order valence-electron chi connectivity index (χ0n) is 9.96. The topological polar surface area (TPSA) is 76.5 Å². The maximum atomic E-state index is 12.3. The van der Waals surface area contributed by atoms with Gasteiger partial charge in [0.25, 0.3) is 0 Å². The third kappa shape index (κ3) is 1.74. The molecule has 0 aliphatic rings. The Morgan fingerprint density at radius 3 is 2.47 bits per heavy atom. The van der Waals surface area contributed by atoms with E-state index in [0.717, 1.165) is 0 Å². The van der Waals surface area contributed by atoms with Crippen LogP contribution in [0.1, 0.15) is 16.1 Å². The average molecular weight is 253 g/mol. The number of phenols is 1.